The van der Waals surface area contributed by atoms with Gasteiger partial charge in [-0.25, -0.2) is 4.98 Å². The van der Waals surface area contributed by atoms with E-state index >= 15 is 0 Å². The van der Waals surface area contributed by atoms with Crippen LogP contribution < -0.4 is 10.9 Å². The third-order valence-electron chi connectivity index (χ3n) is 4.86. The number of thiophene rings is 1. The Labute approximate surface area is 193 Å². The maximum Gasteiger partial charge on any atom is 0.275 e. The van der Waals surface area contributed by atoms with E-state index in [1.165, 1.54) is 16.9 Å². The van der Waals surface area contributed by atoms with Crippen LogP contribution in [0.3, 0.4) is 0 Å². The topological polar surface area (TPSA) is 50.2 Å². The van der Waals surface area contributed by atoms with E-state index in [9.17, 15) is 4.79 Å². The molecule has 0 amide bonds. The quantitative estimate of drug-likeness (QED) is 0.269. The normalized spacial score (nSPS) is 11.3. The molecule has 0 spiro atoms. The van der Waals surface area contributed by atoms with Gasteiger partial charge in [-0.15, -0.1) is 11.3 Å². The van der Waals surface area contributed by atoms with Crippen LogP contribution in [0, 0.1) is 0 Å². The first-order chi connectivity index (χ1) is 14.5. The fourth-order valence-corrected chi connectivity index (χ4v) is 4.72. The summed E-state index contributed by atoms with van der Waals surface area (Å²) >= 11 is 3.86. The van der Waals surface area contributed by atoms with Gasteiger partial charge in [-0.2, -0.15) is 0 Å². The van der Waals surface area contributed by atoms with Crippen molar-refractivity contribution in [3.05, 3.63) is 76.8 Å². The van der Waals surface area contributed by atoms with Crippen molar-refractivity contribution in [1.82, 2.24) is 14.5 Å². The predicted octanol–water partition coefficient (Wildman–Crippen LogP) is 5.02. The van der Waals surface area contributed by atoms with Crippen LogP contribution in [0.2, 0.25) is 0 Å². The minimum absolute atomic E-state index is 0.0338. The van der Waals surface area contributed by atoms with Crippen molar-refractivity contribution in [1.29, 1.82) is 0 Å². The molecule has 4 aromatic rings. The molecule has 0 fully saturated rings. The maximum absolute atomic E-state index is 13.1. The van der Waals surface area contributed by atoms with E-state index in [2.05, 4.69) is 76.2 Å². The smallest absolute Gasteiger partial charge is 0.275 e. The zero-order valence-corrected chi connectivity index (χ0v) is 19.9. The van der Waals surface area contributed by atoms with E-state index in [4.69, 9.17) is 0 Å². The Balaban J connectivity index is 1.61. The average Bonchev–Trinajstić information content (AvgIpc) is 3.20. The number of alkyl halides is 1. The molecule has 0 bridgehead atoms. The molecule has 154 valence electrons. The number of likely N-dealkylation sites (N-methyl/N-ethyl adjacent to an activating group) is 1. The third kappa shape index (κ3) is 4.58. The second-order valence-electron chi connectivity index (χ2n) is 7.35. The number of benzene rings is 2. The largest absolute Gasteiger partial charge is 0.384 e. The first-order valence-electron chi connectivity index (χ1n) is 9.70. The van der Waals surface area contributed by atoms with Gasteiger partial charge in [0.2, 0.25) is 0 Å². The summed E-state index contributed by atoms with van der Waals surface area (Å²) in [5, 5.41) is 3.39. The molecule has 4 rings (SSSR count). The number of hydrogen-bond donors (Lipinski definition) is 1. The number of halogens is 1. The lowest BCUT2D eigenvalue weighted by atomic mass is 10.1. The van der Waals surface area contributed by atoms with Crippen molar-refractivity contribution in [2.45, 2.75) is 4.43 Å². The van der Waals surface area contributed by atoms with Crippen LogP contribution in [0.1, 0.15) is 5.56 Å². The van der Waals surface area contributed by atoms with E-state index in [0.29, 0.717) is 4.70 Å². The first-order valence-corrected chi connectivity index (χ1v) is 12.0. The predicted molar refractivity (Wildman–Crippen MR) is 135 cm³/mol. The van der Waals surface area contributed by atoms with E-state index in [1.807, 2.05) is 30.3 Å². The number of nitrogens with one attached hydrogen (secondary N) is 1. The van der Waals surface area contributed by atoms with Crippen molar-refractivity contribution in [3.8, 4) is 16.1 Å². The highest BCUT2D eigenvalue weighted by atomic mass is 127. The third-order valence-corrected chi connectivity index (χ3v) is 6.91. The molecule has 1 N–H and O–H groups in total. The highest BCUT2D eigenvalue weighted by Gasteiger charge is 2.11. The lowest BCUT2D eigenvalue weighted by molar-refractivity contribution is 0.425. The highest BCUT2D eigenvalue weighted by Crippen LogP contribution is 2.31. The van der Waals surface area contributed by atoms with Gasteiger partial charge in [0.05, 0.1) is 11.2 Å². The summed E-state index contributed by atoms with van der Waals surface area (Å²) in [6.45, 7) is 1.83. The van der Waals surface area contributed by atoms with Gasteiger partial charge < -0.3 is 10.2 Å². The van der Waals surface area contributed by atoms with E-state index < -0.39 is 0 Å². The summed E-state index contributed by atoms with van der Waals surface area (Å²) in [6.07, 6.45) is 1.62. The van der Waals surface area contributed by atoms with Crippen molar-refractivity contribution >= 4 is 49.8 Å². The van der Waals surface area contributed by atoms with E-state index in [-0.39, 0.29) is 5.56 Å². The standard InChI is InChI=1S/C23H23IN4OS/c1-27(2)12-11-25-18-7-9-19(10-8-18)28-15-26-20-13-21(30-22(20)23(28)29)17-5-3-16(14-24)4-6-17/h3-10,13,15,25H,11-12,14H2,1-2H3. The fourth-order valence-electron chi connectivity index (χ4n) is 3.16. The molecule has 2 heterocycles. The molecule has 0 aliphatic carbocycles. The summed E-state index contributed by atoms with van der Waals surface area (Å²) in [5.41, 5.74) is 4.97. The van der Waals surface area contributed by atoms with Gasteiger partial charge in [-0.1, -0.05) is 46.9 Å². The fraction of sp³-hybridized carbons (Fsp3) is 0.217. The Bertz CT molecular complexity index is 1200. The minimum atomic E-state index is -0.0338. The van der Waals surface area contributed by atoms with Crippen LogP contribution in [0.4, 0.5) is 5.69 Å². The Morgan fingerprint density at radius 2 is 1.83 bits per heavy atom. The molecular formula is C23H23IN4OS. The first kappa shape index (κ1) is 21.0. The molecule has 0 aliphatic heterocycles. The van der Waals surface area contributed by atoms with Crippen molar-refractivity contribution in [2.75, 3.05) is 32.5 Å². The van der Waals surface area contributed by atoms with Crippen LogP contribution >= 0.6 is 33.9 Å². The number of aromatic nitrogens is 2. The van der Waals surface area contributed by atoms with Crippen molar-refractivity contribution in [2.24, 2.45) is 0 Å². The van der Waals surface area contributed by atoms with Crippen molar-refractivity contribution in [3.63, 3.8) is 0 Å². The molecule has 0 saturated carbocycles. The Morgan fingerprint density at radius 1 is 1.10 bits per heavy atom. The lowest BCUT2D eigenvalue weighted by Gasteiger charge is -2.12. The summed E-state index contributed by atoms with van der Waals surface area (Å²) in [7, 11) is 4.10. The van der Waals surface area contributed by atoms with Crippen LogP contribution in [0.25, 0.3) is 26.3 Å². The van der Waals surface area contributed by atoms with E-state index in [1.54, 1.807) is 10.9 Å². The van der Waals surface area contributed by atoms with Gasteiger partial charge in [0, 0.05) is 28.1 Å². The Hall–Kier alpha value is -2.23. The maximum atomic E-state index is 13.1. The molecule has 0 unspecified atom stereocenters. The van der Waals surface area contributed by atoms with E-state index in [0.717, 1.165) is 44.8 Å². The molecule has 2 aromatic carbocycles. The minimum Gasteiger partial charge on any atom is -0.384 e. The second-order valence-corrected chi connectivity index (χ2v) is 9.17. The summed E-state index contributed by atoms with van der Waals surface area (Å²) in [6, 6.07) is 18.4. The molecular weight excluding hydrogens is 507 g/mol. The van der Waals surface area contributed by atoms with Gasteiger partial charge in [0.1, 0.15) is 11.0 Å². The number of hydrogen-bond acceptors (Lipinski definition) is 5. The monoisotopic (exact) mass is 530 g/mol. The number of anilines is 1. The number of rotatable bonds is 7. The zero-order chi connectivity index (χ0) is 21.1. The number of fused-ring (bicyclic) bond motifs is 1. The van der Waals surface area contributed by atoms with Gasteiger partial charge in [-0.05, 0) is 55.6 Å². The molecule has 7 heteroatoms. The van der Waals surface area contributed by atoms with Gasteiger partial charge >= 0.3 is 0 Å². The molecule has 0 aliphatic rings. The second kappa shape index (κ2) is 9.28. The van der Waals surface area contributed by atoms with Crippen LogP contribution in [-0.2, 0) is 4.43 Å². The Morgan fingerprint density at radius 3 is 2.50 bits per heavy atom. The average molecular weight is 530 g/mol. The summed E-state index contributed by atoms with van der Waals surface area (Å²) in [4.78, 5) is 20.9. The molecule has 0 radical (unpaired) electrons. The molecule has 30 heavy (non-hydrogen) atoms. The Kier molecular flexibility index (Phi) is 6.50. The van der Waals surface area contributed by atoms with Gasteiger partial charge in [0.15, 0.2) is 0 Å². The highest BCUT2D eigenvalue weighted by molar-refractivity contribution is 14.1. The molecule has 0 atom stereocenters. The van der Waals surface area contributed by atoms with Gasteiger partial charge in [0.25, 0.3) is 5.56 Å². The van der Waals surface area contributed by atoms with Crippen LogP contribution in [0.15, 0.2) is 65.7 Å². The molecule has 5 nitrogen and oxygen atoms in total. The van der Waals surface area contributed by atoms with Crippen molar-refractivity contribution < 1.29 is 0 Å². The van der Waals surface area contributed by atoms with Gasteiger partial charge in [-0.3, -0.25) is 9.36 Å². The summed E-state index contributed by atoms with van der Waals surface area (Å²) < 4.78 is 3.28. The molecule has 2 aromatic heterocycles. The SMILES string of the molecule is CN(C)CCNc1ccc(-n2cnc3cc(-c4ccc(CI)cc4)sc3c2=O)cc1. The van der Waals surface area contributed by atoms with Crippen LogP contribution in [0.5, 0.6) is 0 Å². The molecule has 0 saturated heterocycles. The lowest BCUT2D eigenvalue weighted by Crippen LogP contribution is -2.21. The summed E-state index contributed by atoms with van der Waals surface area (Å²) in [5.74, 6) is 0. The van der Waals surface area contributed by atoms with Crippen LogP contribution in [-0.4, -0.2) is 41.6 Å². The zero-order valence-electron chi connectivity index (χ0n) is 16.9. The number of nitrogens with zero attached hydrogens (tertiary/aromatic N) is 3.